The summed E-state index contributed by atoms with van der Waals surface area (Å²) in [6.45, 7) is 0. The maximum atomic E-state index is 10.3. The van der Waals surface area contributed by atoms with Crippen molar-refractivity contribution >= 4 is 29.5 Å². The van der Waals surface area contributed by atoms with Gasteiger partial charge < -0.3 is 19.3 Å². The minimum atomic E-state index is -2.47. The van der Waals surface area contributed by atoms with Crippen molar-refractivity contribution in [3.05, 3.63) is 24.3 Å². The second-order valence-corrected chi connectivity index (χ2v) is 2.97. The largest absolute Gasteiger partial charge is 0.755 e. The highest BCUT2D eigenvalue weighted by Gasteiger charge is 2.14. The van der Waals surface area contributed by atoms with Crippen molar-refractivity contribution in [2.45, 2.75) is 0 Å². The third kappa shape index (κ3) is 2.81. The SMILES string of the molecule is O=S([O-])Nc1ccccc1B(O)O. The van der Waals surface area contributed by atoms with Crippen LogP contribution in [-0.2, 0) is 11.3 Å². The first-order valence-corrected chi connectivity index (χ1v) is 4.49. The summed E-state index contributed by atoms with van der Waals surface area (Å²) in [6, 6.07) is 6.01. The molecule has 0 radical (unpaired) electrons. The zero-order valence-corrected chi connectivity index (χ0v) is 7.32. The quantitative estimate of drug-likeness (QED) is 0.412. The number of rotatable bonds is 3. The van der Waals surface area contributed by atoms with Gasteiger partial charge in [-0.15, -0.1) is 0 Å². The van der Waals surface area contributed by atoms with Crippen LogP contribution in [0.25, 0.3) is 0 Å². The number of hydrogen-bond acceptors (Lipinski definition) is 4. The molecule has 0 saturated heterocycles. The maximum absolute atomic E-state index is 10.3. The Morgan fingerprint density at radius 3 is 2.54 bits per heavy atom. The van der Waals surface area contributed by atoms with E-state index in [0.29, 0.717) is 0 Å². The fourth-order valence-corrected chi connectivity index (χ4v) is 1.27. The predicted octanol–water partition coefficient (Wildman–Crippen LogP) is -1.43. The Morgan fingerprint density at radius 1 is 1.38 bits per heavy atom. The highest BCUT2D eigenvalue weighted by molar-refractivity contribution is 7.80. The summed E-state index contributed by atoms with van der Waals surface area (Å²) in [4.78, 5) is 0. The Kier molecular flexibility index (Phi) is 3.43. The normalized spacial score (nSPS) is 12.2. The summed E-state index contributed by atoms with van der Waals surface area (Å²) < 4.78 is 22.6. The molecule has 0 bridgehead atoms. The van der Waals surface area contributed by atoms with Crippen LogP contribution in [0.15, 0.2) is 24.3 Å². The van der Waals surface area contributed by atoms with Crippen molar-refractivity contribution < 1.29 is 18.8 Å². The Balaban J connectivity index is 2.97. The van der Waals surface area contributed by atoms with Crippen molar-refractivity contribution in [3.8, 4) is 0 Å². The van der Waals surface area contributed by atoms with Gasteiger partial charge in [-0.1, -0.05) is 18.2 Å². The van der Waals surface area contributed by atoms with Gasteiger partial charge in [0.25, 0.3) is 0 Å². The first-order chi connectivity index (χ1) is 6.11. The lowest BCUT2D eigenvalue weighted by Gasteiger charge is -2.12. The molecule has 0 spiro atoms. The molecule has 7 heteroatoms. The molecule has 0 aliphatic heterocycles. The lowest BCUT2D eigenvalue weighted by atomic mass is 9.79. The number of benzene rings is 1. The molecule has 0 aromatic heterocycles. The van der Waals surface area contributed by atoms with Crippen molar-refractivity contribution in [2.75, 3.05) is 4.72 Å². The monoisotopic (exact) mass is 200 g/mol. The standard InChI is InChI=1S/C6H8BNO4S/c9-7(10)5-3-1-2-4-6(5)8-13(11)12/h1-4,8-10H,(H,11,12)/p-1. The number of hydrogen-bond donors (Lipinski definition) is 3. The van der Waals surface area contributed by atoms with E-state index in [2.05, 4.69) is 4.72 Å². The number of para-hydroxylation sites is 1. The molecule has 0 aliphatic carbocycles. The van der Waals surface area contributed by atoms with E-state index in [9.17, 15) is 8.76 Å². The van der Waals surface area contributed by atoms with Crippen LogP contribution in [0.1, 0.15) is 0 Å². The van der Waals surface area contributed by atoms with E-state index in [0.717, 1.165) is 0 Å². The van der Waals surface area contributed by atoms with Gasteiger partial charge in [0, 0.05) is 22.4 Å². The summed E-state index contributed by atoms with van der Waals surface area (Å²) >= 11 is -2.47. The minimum absolute atomic E-state index is 0.117. The molecule has 3 N–H and O–H groups in total. The second kappa shape index (κ2) is 4.38. The van der Waals surface area contributed by atoms with Gasteiger partial charge in [-0.05, 0) is 6.07 Å². The molecule has 5 nitrogen and oxygen atoms in total. The van der Waals surface area contributed by atoms with Crippen LogP contribution in [0.4, 0.5) is 5.69 Å². The summed E-state index contributed by atoms with van der Waals surface area (Å²) in [5, 5.41) is 17.7. The van der Waals surface area contributed by atoms with Crippen molar-refractivity contribution in [1.82, 2.24) is 0 Å². The van der Waals surface area contributed by atoms with Gasteiger partial charge in [-0.3, -0.25) is 4.21 Å². The molecule has 13 heavy (non-hydrogen) atoms. The lowest BCUT2D eigenvalue weighted by molar-refractivity contribution is 0.426. The third-order valence-corrected chi connectivity index (χ3v) is 1.82. The highest BCUT2D eigenvalue weighted by atomic mass is 32.2. The topological polar surface area (TPSA) is 92.6 Å². The maximum Gasteiger partial charge on any atom is 0.490 e. The zero-order chi connectivity index (χ0) is 9.84. The second-order valence-electron chi connectivity index (χ2n) is 2.30. The Bertz CT molecular complexity index is 319. The van der Waals surface area contributed by atoms with Crippen LogP contribution in [0.5, 0.6) is 0 Å². The minimum Gasteiger partial charge on any atom is -0.755 e. The fourth-order valence-electron chi connectivity index (χ4n) is 0.905. The summed E-state index contributed by atoms with van der Waals surface area (Å²) in [5.41, 5.74) is 0.275. The Labute approximate surface area is 78.0 Å². The smallest absolute Gasteiger partial charge is 0.490 e. The number of anilines is 1. The van der Waals surface area contributed by atoms with E-state index in [1.165, 1.54) is 12.1 Å². The highest BCUT2D eigenvalue weighted by Crippen LogP contribution is 2.03. The Morgan fingerprint density at radius 2 is 2.00 bits per heavy atom. The molecule has 0 amide bonds. The average Bonchev–Trinajstić information content (AvgIpc) is 2.03. The van der Waals surface area contributed by atoms with E-state index in [1.807, 2.05) is 0 Å². The van der Waals surface area contributed by atoms with Gasteiger partial charge in [-0.25, -0.2) is 0 Å². The van der Waals surface area contributed by atoms with E-state index >= 15 is 0 Å². The zero-order valence-electron chi connectivity index (χ0n) is 6.51. The molecule has 0 fully saturated rings. The molecule has 0 aliphatic rings. The van der Waals surface area contributed by atoms with Crippen LogP contribution in [0, 0.1) is 0 Å². The molecule has 1 unspecified atom stereocenters. The van der Waals surface area contributed by atoms with Gasteiger partial charge in [0.15, 0.2) is 0 Å². The van der Waals surface area contributed by atoms with E-state index in [-0.39, 0.29) is 11.2 Å². The van der Waals surface area contributed by atoms with Crippen molar-refractivity contribution in [2.24, 2.45) is 0 Å². The fraction of sp³-hybridized carbons (Fsp3) is 0. The van der Waals surface area contributed by atoms with Gasteiger partial charge in [0.2, 0.25) is 0 Å². The average molecular weight is 200 g/mol. The molecule has 1 aromatic rings. The van der Waals surface area contributed by atoms with Gasteiger partial charge in [0.1, 0.15) is 0 Å². The summed E-state index contributed by atoms with van der Waals surface area (Å²) in [6.07, 6.45) is 0. The van der Waals surface area contributed by atoms with E-state index < -0.39 is 18.4 Å². The molecule has 0 heterocycles. The van der Waals surface area contributed by atoms with Gasteiger partial charge in [0.05, 0.1) is 0 Å². The molecular formula is C6H7BNO4S-. The Hall–Kier alpha value is -0.885. The van der Waals surface area contributed by atoms with Crippen LogP contribution < -0.4 is 10.2 Å². The molecular weight excluding hydrogens is 193 g/mol. The first-order valence-electron chi connectivity index (χ1n) is 3.42. The molecule has 1 rings (SSSR count). The van der Waals surface area contributed by atoms with Crippen LogP contribution >= 0.6 is 0 Å². The summed E-state index contributed by atoms with van der Waals surface area (Å²) in [7, 11) is -1.69. The molecule has 70 valence electrons. The van der Waals surface area contributed by atoms with E-state index in [1.54, 1.807) is 12.1 Å². The van der Waals surface area contributed by atoms with Gasteiger partial charge >= 0.3 is 7.12 Å². The predicted molar refractivity (Wildman–Crippen MR) is 48.8 cm³/mol. The lowest BCUT2D eigenvalue weighted by Crippen LogP contribution is -2.32. The third-order valence-electron chi connectivity index (χ3n) is 1.43. The van der Waals surface area contributed by atoms with Crippen LogP contribution in [-0.4, -0.2) is 25.9 Å². The van der Waals surface area contributed by atoms with Crippen LogP contribution in [0.3, 0.4) is 0 Å². The van der Waals surface area contributed by atoms with Crippen LogP contribution in [0.2, 0.25) is 0 Å². The van der Waals surface area contributed by atoms with Crippen molar-refractivity contribution in [1.29, 1.82) is 0 Å². The van der Waals surface area contributed by atoms with E-state index in [4.69, 9.17) is 10.0 Å². The summed E-state index contributed by atoms with van der Waals surface area (Å²) in [5.74, 6) is 0. The first kappa shape index (κ1) is 10.2. The van der Waals surface area contributed by atoms with Crippen molar-refractivity contribution in [3.63, 3.8) is 0 Å². The number of nitrogens with one attached hydrogen (secondary N) is 1. The molecule has 1 atom stereocenters. The molecule has 0 saturated carbocycles. The van der Waals surface area contributed by atoms with Gasteiger partial charge in [-0.2, -0.15) is 0 Å². The molecule has 1 aromatic carbocycles.